The molecule has 19 heavy (non-hydrogen) atoms. The molecule has 0 amide bonds. The molecule has 3 rings (SSSR count). The maximum atomic E-state index is 10.3. The van der Waals surface area contributed by atoms with Crippen LogP contribution in [0.3, 0.4) is 0 Å². The van der Waals surface area contributed by atoms with Crippen molar-refractivity contribution in [1.82, 2.24) is 14.7 Å². The number of rotatable bonds is 4. The first-order valence-electron chi connectivity index (χ1n) is 7.29. The van der Waals surface area contributed by atoms with E-state index in [0.29, 0.717) is 13.1 Å². The van der Waals surface area contributed by atoms with Gasteiger partial charge in [-0.3, -0.25) is 9.58 Å². The minimum Gasteiger partial charge on any atom is -0.391 e. The molecule has 2 heterocycles. The van der Waals surface area contributed by atoms with Crippen LogP contribution in [0, 0.1) is 0 Å². The van der Waals surface area contributed by atoms with Gasteiger partial charge in [-0.15, -0.1) is 0 Å². The largest absolute Gasteiger partial charge is 0.391 e. The highest BCUT2D eigenvalue weighted by atomic mass is 16.3. The van der Waals surface area contributed by atoms with Crippen LogP contribution in [0.1, 0.15) is 32.1 Å². The second-order valence-corrected chi connectivity index (χ2v) is 5.94. The van der Waals surface area contributed by atoms with Crippen molar-refractivity contribution in [2.45, 2.75) is 56.4 Å². The van der Waals surface area contributed by atoms with E-state index < -0.39 is 6.10 Å². The van der Waals surface area contributed by atoms with E-state index in [0.717, 1.165) is 25.8 Å². The van der Waals surface area contributed by atoms with Gasteiger partial charge in [-0.2, -0.15) is 5.10 Å². The van der Waals surface area contributed by atoms with Gasteiger partial charge in [-0.05, 0) is 25.3 Å². The molecule has 1 saturated heterocycles. The highest BCUT2D eigenvalue weighted by Crippen LogP contribution is 2.43. The maximum absolute atomic E-state index is 10.3. The zero-order valence-electron chi connectivity index (χ0n) is 11.3. The van der Waals surface area contributed by atoms with E-state index in [1.165, 1.54) is 12.8 Å². The lowest BCUT2D eigenvalue weighted by Gasteiger charge is -2.38. The van der Waals surface area contributed by atoms with Gasteiger partial charge in [0.1, 0.15) is 0 Å². The molecule has 1 saturated carbocycles. The van der Waals surface area contributed by atoms with E-state index in [9.17, 15) is 10.2 Å². The topological polar surface area (TPSA) is 61.5 Å². The molecule has 1 spiro atoms. The summed E-state index contributed by atoms with van der Waals surface area (Å²) in [5, 5.41) is 24.6. The van der Waals surface area contributed by atoms with Crippen LogP contribution in [0.5, 0.6) is 0 Å². The summed E-state index contributed by atoms with van der Waals surface area (Å²) in [6.07, 6.45) is 8.33. The molecule has 0 aromatic carbocycles. The Kier molecular flexibility index (Phi) is 3.60. The highest BCUT2D eigenvalue weighted by Gasteiger charge is 2.49. The van der Waals surface area contributed by atoms with Crippen molar-refractivity contribution in [3.8, 4) is 0 Å². The van der Waals surface area contributed by atoms with Crippen molar-refractivity contribution in [2.75, 3.05) is 13.1 Å². The van der Waals surface area contributed by atoms with E-state index in [-0.39, 0.29) is 11.6 Å². The summed E-state index contributed by atoms with van der Waals surface area (Å²) < 4.78 is 1.76. The average molecular weight is 265 g/mol. The van der Waals surface area contributed by atoms with Gasteiger partial charge < -0.3 is 10.2 Å². The van der Waals surface area contributed by atoms with Gasteiger partial charge in [0.05, 0.1) is 18.8 Å². The number of aliphatic hydroxyl groups excluding tert-OH is 2. The first-order chi connectivity index (χ1) is 9.21. The molecule has 1 aromatic rings. The van der Waals surface area contributed by atoms with Crippen molar-refractivity contribution in [3.63, 3.8) is 0 Å². The van der Waals surface area contributed by atoms with Gasteiger partial charge in [0, 0.05) is 31.0 Å². The lowest BCUT2D eigenvalue weighted by molar-refractivity contribution is 0.00317. The summed E-state index contributed by atoms with van der Waals surface area (Å²) in [5.41, 5.74) is -0.0505. The van der Waals surface area contributed by atoms with Crippen LogP contribution in [0.15, 0.2) is 18.5 Å². The Labute approximate surface area is 113 Å². The molecule has 1 aliphatic heterocycles. The Morgan fingerprint density at radius 1 is 1.32 bits per heavy atom. The molecule has 1 aliphatic carbocycles. The molecule has 2 atom stereocenters. The normalized spacial score (nSPS) is 28.2. The summed E-state index contributed by atoms with van der Waals surface area (Å²) in [4.78, 5) is 2.32. The smallest absolute Gasteiger partial charge is 0.0862 e. The lowest BCUT2D eigenvalue weighted by Crippen LogP contribution is -2.51. The minimum atomic E-state index is -0.428. The van der Waals surface area contributed by atoms with Crippen molar-refractivity contribution >= 4 is 0 Å². The van der Waals surface area contributed by atoms with E-state index in [1.807, 2.05) is 12.3 Å². The fourth-order valence-electron chi connectivity index (χ4n) is 3.83. The molecule has 0 bridgehead atoms. The maximum Gasteiger partial charge on any atom is 0.0862 e. The number of hydrogen-bond donors (Lipinski definition) is 2. The minimum absolute atomic E-state index is 0.0505. The van der Waals surface area contributed by atoms with Crippen LogP contribution in [0.4, 0.5) is 0 Å². The molecular formula is C14H23N3O2. The third-order valence-corrected chi connectivity index (χ3v) is 4.78. The Morgan fingerprint density at radius 3 is 2.79 bits per heavy atom. The van der Waals surface area contributed by atoms with Crippen LogP contribution in [0.2, 0.25) is 0 Å². The number of aliphatic hydroxyl groups is 2. The summed E-state index contributed by atoms with van der Waals surface area (Å²) in [6, 6.07) is 1.87. The van der Waals surface area contributed by atoms with Crippen molar-refractivity contribution in [2.24, 2.45) is 0 Å². The molecule has 1 aromatic heterocycles. The monoisotopic (exact) mass is 265 g/mol. The lowest BCUT2D eigenvalue weighted by atomic mass is 9.91. The molecule has 2 unspecified atom stereocenters. The third-order valence-electron chi connectivity index (χ3n) is 4.78. The highest BCUT2D eigenvalue weighted by molar-refractivity contribution is 5.05. The van der Waals surface area contributed by atoms with Crippen LogP contribution in [0.25, 0.3) is 0 Å². The fraction of sp³-hybridized carbons (Fsp3) is 0.786. The van der Waals surface area contributed by atoms with Crippen molar-refractivity contribution in [3.05, 3.63) is 18.5 Å². The second kappa shape index (κ2) is 5.23. The summed E-state index contributed by atoms with van der Waals surface area (Å²) in [5.74, 6) is 0. The van der Waals surface area contributed by atoms with Crippen LogP contribution in [-0.4, -0.2) is 55.7 Å². The Morgan fingerprint density at radius 2 is 2.11 bits per heavy atom. The van der Waals surface area contributed by atoms with Gasteiger partial charge in [-0.1, -0.05) is 12.8 Å². The molecule has 106 valence electrons. The van der Waals surface area contributed by atoms with Crippen LogP contribution >= 0.6 is 0 Å². The number of β-amino-alcohol motifs (C(OH)–C–C–N with tert-alkyl or cyclic N) is 1. The Balaban J connectivity index is 1.62. The van der Waals surface area contributed by atoms with Gasteiger partial charge in [0.2, 0.25) is 0 Å². The Hall–Kier alpha value is -0.910. The van der Waals surface area contributed by atoms with E-state index >= 15 is 0 Å². The average Bonchev–Trinajstić information content (AvgIpc) is 3.09. The van der Waals surface area contributed by atoms with Crippen LogP contribution < -0.4 is 0 Å². The predicted molar refractivity (Wildman–Crippen MR) is 71.6 cm³/mol. The third kappa shape index (κ3) is 2.42. The Bertz CT molecular complexity index is 401. The SMILES string of the molecule is OC(CN1CCC(O)C12CCCC2)Cn1cccn1. The molecule has 2 N–H and O–H groups in total. The van der Waals surface area contributed by atoms with Crippen LogP contribution in [-0.2, 0) is 6.54 Å². The molecule has 0 radical (unpaired) electrons. The zero-order chi connectivity index (χ0) is 13.3. The number of likely N-dealkylation sites (tertiary alicyclic amines) is 1. The number of hydrogen-bond acceptors (Lipinski definition) is 4. The standard InChI is InChI=1S/C14H23N3O2/c18-12(11-17-8-3-7-15-17)10-16-9-4-13(19)14(16)5-1-2-6-14/h3,7-8,12-13,18-19H,1-2,4-6,9-11H2. The summed E-state index contributed by atoms with van der Waals surface area (Å²) in [7, 11) is 0. The van der Waals surface area contributed by atoms with Gasteiger partial charge >= 0.3 is 0 Å². The quantitative estimate of drug-likeness (QED) is 0.838. The first kappa shape index (κ1) is 13.1. The zero-order valence-corrected chi connectivity index (χ0v) is 11.3. The molecule has 2 aliphatic rings. The molecular weight excluding hydrogens is 242 g/mol. The van der Waals surface area contributed by atoms with Gasteiger partial charge in [0.15, 0.2) is 0 Å². The fourth-order valence-corrected chi connectivity index (χ4v) is 3.83. The molecule has 5 nitrogen and oxygen atoms in total. The number of nitrogens with zero attached hydrogens (tertiary/aromatic N) is 3. The summed E-state index contributed by atoms with van der Waals surface area (Å²) in [6.45, 7) is 2.06. The van der Waals surface area contributed by atoms with E-state index in [4.69, 9.17) is 0 Å². The van der Waals surface area contributed by atoms with Crippen molar-refractivity contribution in [1.29, 1.82) is 0 Å². The van der Waals surface area contributed by atoms with E-state index in [1.54, 1.807) is 10.9 Å². The molecule has 2 fully saturated rings. The summed E-state index contributed by atoms with van der Waals surface area (Å²) >= 11 is 0. The van der Waals surface area contributed by atoms with Gasteiger partial charge in [-0.25, -0.2) is 0 Å². The van der Waals surface area contributed by atoms with E-state index in [2.05, 4.69) is 10.00 Å². The van der Waals surface area contributed by atoms with Gasteiger partial charge in [0.25, 0.3) is 0 Å². The van der Waals surface area contributed by atoms with Crippen molar-refractivity contribution < 1.29 is 10.2 Å². The first-order valence-corrected chi connectivity index (χ1v) is 7.29. The number of aromatic nitrogens is 2. The second-order valence-electron chi connectivity index (χ2n) is 5.94. The molecule has 5 heteroatoms. The predicted octanol–water partition coefficient (Wildman–Crippen LogP) is 0.623.